The van der Waals surface area contributed by atoms with E-state index < -0.39 is 30.4 Å². The van der Waals surface area contributed by atoms with Gasteiger partial charge in [-0.1, -0.05) is 5.92 Å². The summed E-state index contributed by atoms with van der Waals surface area (Å²) >= 11 is 1.15. The van der Waals surface area contributed by atoms with E-state index in [4.69, 9.17) is 10.5 Å². The second-order valence-electron chi connectivity index (χ2n) is 8.50. The van der Waals surface area contributed by atoms with E-state index in [1.165, 1.54) is 17.9 Å². The summed E-state index contributed by atoms with van der Waals surface area (Å²) in [5.74, 6) is 5.31. The SMILES string of the molecule is CNC(=O)C1OC(n2cnc3c(N)nc(C#CCN(C(=O)c4ccns4)C4CCC4)nc32)[C@H](O)[C@@H]1O. The molecule has 2 unspecified atom stereocenters. The molecule has 0 aromatic carbocycles. The van der Waals surface area contributed by atoms with Crippen LogP contribution in [0.1, 0.15) is 41.0 Å². The molecule has 3 aromatic rings. The molecule has 2 aliphatic rings. The Balaban J connectivity index is 1.41. The maximum absolute atomic E-state index is 12.9. The van der Waals surface area contributed by atoms with E-state index in [2.05, 4.69) is 36.5 Å². The third-order valence-electron chi connectivity index (χ3n) is 6.34. The Morgan fingerprint density at radius 3 is 2.81 bits per heavy atom. The van der Waals surface area contributed by atoms with Crippen LogP contribution < -0.4 is 11.1 Å². The fraction of sp³-hybridized carbons (Fsp3) is 0.455. The van der Waals surface area contributed by atoms with Crippen LogP contribution in [0.3, 0.4) is 0 Å². The van der Waals surface area contributed by atoms with E-state index in [9.17, 15) is 19.8 Å². The van der Waals surface area contributed by atoms with Gasteiger partial charge in [0.2, 0.25) is 5.82 Å². The van der Waals surface area contributed by atoms with Crippen molar-refractivity contribution in [1.29, 1.82) is 0 Å². The molecule has 1 saturated carbocycles. The minimum atomic E-state index is -1.44. The van der Waals surface area contributed by atoms with Crippen molar-refractivity contribution in [3.63, 3.8) is 0 Å². The number of nitrogens with zero attached hydrogens (tertiary/aromatic N) is 6. The van der Waals surface area contributed by atoms with Crippen LogP contribution in [0.2, 0.25) is 0 Å². The molecule has 36 heavy (non-hydrogen) atoms. The number of hydrogen-bond donors (Lipinski definition) is 4. The first-order chi connectivity index (χ1) is 17.4. The monoisotopic (exact) mass is 512 g/mol. The molecule has 1 aliphatic heterocycles. The van der Waals surface area contributed by atoms with Crippen LogP contribution in [-0.2, 0) is 9.53 Å². The molecule has 2 amide bonds. The molecule has 4 heterocycles. The Bertz CT molecular complexity index is 1350. The minimum Gasteiger partial charge on any atom is -0.387 e. The van der Waals surface area contributed by atoms with Gasteiger partial charge in [0.1, 0.15) is 22.6 Å². The number of ether oxygens (including phenoxy) is 1. The normalized spacial score (nSPS) is 23.6. The van der Waals surface area contributed by atoms with Gasteiger partial charge in [0.25, 0.3) is 11.8 Å². The van der Waals surface area contributed by atoms with Gasteiger partial charge in [-0.15, -0.1) is 0 Å². The first kappa shape index (κ1) is 24.1. The van der Waals surface area contributed by atoms with Gasteiger partial charge in [-0.2, -0.15) is 0 Å². The largest absolute Gasteiger partial charge is 0.387 e. The predicted octanol–water partition coefficient (Wildman–Crippen LogP) is -0.723. The molecule has 188 valence electrons. The molecule has 13 nitrogen and oxygen atoms in total. The molecule has 0 radical (unpaired) electrons. The fourth-order valence-corrected chi connectivity index (χ4v) is 4.72. The van der Waals surface area contributed by atoms with Crippen molar-refractivity contribution in [2.45, 2.75) is 49.8 Å². The summed E-state index contributed by atoms with van der Waals surface area (Å²) in [6.07, 6.45) is 0.595. The number of carbonyl (C=O) groups is 2. The van der Waals surface area contributed by atoms with Crippen LogP contribution >= 0.6 is 11.5 Å². The smallest absolute Gasteiger partial charge is 0.266 e. The Labute approximate surface area is 209 Å². The van der Waals surface area contributed by atoms with E-state index in [1.54, 1.807) is 17.2 Å². The molecule has 1 saturated heterocycles. The van der Waals surface area contributed by atoms with E-state index in [0.29, 0.717) is 4.88 Å². The van der Waals surface area contributed by atoms with Gasteiger partial charge in [0, 0.05) is 19.3 Å². The molecule has 14 heteroatoms. The van der Waals surface area contributed by atoms with E-state index in [1.807, 2.05) is 0 Å². The zero-order valence-electron chi connectivity index (χ0n) is 19.2. The predicted molar refractivity (Wildman–Crippen MR) is 127 cm³/mol. The van der Waals surface area contributed by atoms with Crippen LogP contribution in [-0.4, -0.2) is 88.8 Å². The third kappa shape index (κ3) is 4.26. The van der Waals surface area contributed by atoms with Crippen molar-refractivity contribution in [3.05, 3.63) is 29.3 Å². The molecule has 5 N–H and O–H groups in total. The number of nitrogens with two attached hydrogens (primary N) is 1. The highest BCUT2D eigenvalue weighted by Gasteiger charge is 2.47. The number of aliphatic hydroxyl groups is 2. The van der Waals surface area contributed by atoms with Crippen molar-refractivity contribution in [2.75, 3.05) is 19.3 Å². The maximum atomic E-state index is 12.9. The van der Waals surface area contributed by atoms with Gasteiger partial charge >= 0.3 is 0 Å². The average Bonchev–Trinajstić information content (AvgIpc) is 3.57. The first-order valence-corrected chi connectivity index (χ1v) is 12.1. The first-order valence-electron chi connectivity index (χ1n) is 11.3. The number of rotatable bonds is 5. The van der Waals surface area contributed by atoms with Crippen LogP contribution in [0.5, 0.6) is 0 Å². The van der Waals surface area contributed by atoms with Crippen LogP contribution in [0.4, 0.5) is 5.82 Å². The summed E-state index contributed by atoms with van der Waals surface area (Å²) in [5.41, 5.74) is 6.54. The average molecular weight is 513 g/mol. The van der Waals surface area contributed by atoms with Crippen molar-refractivity contribution in [1.82, 2.24) is 34.1 Å². The summed E-state index contributed by atoms with van der Waals surface area (Å²) in [4.78, 5) is 40.0. The summed E-state index contributed by atoms with van der Waals surface area (Å²) in [6, 6.07) is 1.82. The van der Waals surface area contributed by atoms with Crippen molar-refractivity contribution < 1.29 is 24.5 Å². The Morgan fingerprint density at radius 2 is 2.14 bits per heavy atom. The number of aromatic nitrogens is 5. The number of anilines is 1. The van der Waals surface area contributed by atoms with Crippen LogP contribution in [0.25, 0.3) is 11.2 Å². The van der Waals surface area contributed by atoms with Crippen molar-refractivity contribution >= 4 is 40.3 Å². The number of likely N-dealkylation sites (N-methyl/N-ethyl adjacent to an activating group) is 1. The highest BCUT2D eigenvalue weighted by molar-refractivity contribution is 7.08. The van der Waals surface area contributed by atoms with Crippen LogP contribution in [0, 0.1) is 11.8 Å². The summed E-state index contributed by atoms with van der Waals surface area (Å²) in [6.45, 7) is 0.187. The van der Waals surface area contributed by atoms with E-state index in [-0.39, 0.29) is 41.3 Å². The number of amides is 2. The standard InChI is InChI=1S/C22H24N8O5S/c1-24-20(33)17-15(31)16(32)22(35-17)30-10-25-14-18(23)27-13(28-19(14)30)6-3-9-29(11-4-2-5-11)21(34)12-7-8-26-36-12/h7-8,10-11,15-17,22,31-32H,2,4-5,9H2,1H3,(H,24,33)(H2,23,27,28)/t15-,16+,17?,22?/m0/s1. The Hall–Kier alpha value is -3.64. The van der Waals surface area contributed by atoms with Gasteiger partial charge < -0.3 is 30.9 Å². The van der Waals surface area contributed by atoms with Crippen LogP contribution in [0.15, 0.2) is 18.6 Å². The molecule has 1 aliphatic carbocycles. The number of nitrogen functional groups attached to an aromatic ring is 1. The molecule has 2 fully saturated rings. The highest BCUT2D eigenvalue weighted by atomic mass is 32.1. The zero-order valence-corrected chi connectivity index (χ0v) is 20.1. The Kier molecular flexibility index (Phi) is 6.54. The summed E-state index contributed by atoms with van der Waals surface area (Å²) < 4.78 is 11.0. The van der Waals surface area contributed by atoms with Gasteiger partial charge in [-0.05, 0) is 42.8 Å². The lowest BCUT2D eigenvalue weighted by molar-refractivity contribution is -0.137. The summed E-state index contributed by atoms with van der Waals surface area (Å²) in [5, 5.41) is 23.2. The second kappa shape index (κ2) is 9.78. The van der Waals surface area contributed by atoms with Crippen molar-refractivity contribution in [2.24, 2.45) is 0 Å². The quantitative estimate of drug-likeness (QED) is 0.318. The van der Waals surface area contributed by atoms with Gasteiger partial charge in [-0.3, -0.25) is 14.2 Å². The van der Waals surface area contributed by atoms with Gasteiger partial charge in [-0.25, -0.2) is 19.3 Å². The van der Waals surface area contributed by atoms with E-state index in [0.717, 1.165) is 30.8 Å². The molecular formula is C22H24N8O5S. The lowest BCUT2D eigenvalue weighted by Crippen LogP contribution is -2.44. The summed E-state index contributed by atoms with van der Waals surface area (Å²) in [7, 11) is 1.40. The van der Waals surface area contributed by atoms with E-state index >= 15 is 0 Å². The number of imidazole rings is 1. The third-order valence-corrected chi connectivity index (χ3v) is 7.07. The Morgan fingerprint density at radius 1 is 1.33 bits per heavy atom. The molecule has 5 rings (SSSR count). The molecule has 3 aromatic heterocycles. The van der Waals surface area contributed by atoms with Gasteiger partial charge in [0.05, 0.1) is 12.9 Å². The highest BCUT2D eigenvalue weighted by Crippen LogP contribution is 2.32. The topological polar surface area (TPSA) is 182 Å². The number of hydrogen-bond acceptors (Lipinski definition) is 11. The number of aliphatic hydroxyl groups excluding tert-OH is 2. The molecule has 0 bridgehead atoms. The van der Waals surface area contributed by atoms with Gasteiger partial charge in [0.15, 0.2) is 23.8 Å². The lowest BCUT2D eigenvalue weighted by atomic mass is 9.91. The molecule has 4 atom stereocenters. The number of fused-ring (bicyclic) bond motifs is 1. The molecule has 0 spiro atoms. The molecular weight excluding hydrogens is 488 g/mol. The lowest BCUT2D eigenvalue weighted by Gasteiger charge is -2.36. The minimum absolute atomic E-state index is 0.0653. The number of carbonyl (C=O) groups excluding carboxylic acids is 2. The second-order valence-corrected chi connectivity index (χ2v) is 9.33. The number of nitrogens with one attached hydrogen (secondary N) is 1. The van der Waals surface area contributed by atoms with Crippen molar-refractivity contribution in [3.8, 4) is 11.8 Å². The maximum Gasteiger partial charge on any atom is 0.266 e. The fourth-order valence-electron chi connectivity index (χ4n) is 4.17. The zero-order chi connectivity index (χ0) is 25.4.